The highest BCUT2D eigenvalue weighted by Crippen LogP contribution is 1.70. The van der Waals surface area contributed by atoms with E-state index >= 15 is 0 Å². The van der Waals surface area contributed by atoms with Gasteiger partial charge in [0.2, 0.25) is 0 Å². The molecule has 0 aromatic heterocycles. The van der Waals surface area contributed by atoms with Crippen molar-refractivity contribution in [2.75, 3.05) is 0 Å². The van der Waals surface area contributed by atoms with Gasteiger partial charge in [-0.2, -0.15) is 0 Å². The lowest BCUT2D eigenvalue weighted by molar-refractivity contribution is -0.135. The van der Waals surface area contributed by atoms with Crippen LogP contribution in [0.4, 0.5) is 0 Å². The molecule has 11 heteroatoms. The highest BCUT2D eigenvalue weighted by molar-refractivity contribution is 5.79. The minimum atomic E-state index is -0.981. The molecule has 0 aliphatic carbocycles. The van der Waals surface area contributed by atoms with Crippen LogP contribution >= 0.6 is 0 Å². The minimum absolute atomic E-state index is 0. The first-order valence-corrected chi connectivity index (χ1v) is 6.05. The molecule has 0 radical (unpaired) electrons. The van der Waals surface area contributed by atoms with Crippen LogP contribution in [0.2, 0.25) is 0 Å². The Morgan fingerprint density at radius 1 is 0.630 bits per heavy atom. The number of carboxylic acid groups (broad SMARTS) is 4. The van der Waals surface area contributed by atoms with Gasteiger partial charge in [0.1, 0.15) is 0 Å². The van der Waals surface area contributed by atoms with E-state index < -0.39 is 23.9 Å². The molecule has 0 fully saturated rings. The van der Waals surface area contributed by atoms with Gasteiger partial charge in [-0.05, 0) is 11.0 Å². The van der Waals surface area contributed by atoms with Gasteiger partial charge in [-0.15, -0.1) is 0 Å². The molecular weight excluding hydrogens is 380 g/mol. The van der Waals surface area contributed by atoms with Crippen molar-refractivity contribution in [3.8, 4) is 0 Å². The monoisotopic (exact) mass is 406 g/mol. The van der Waals surface area contributed by atoms with Crippen LogP contribution < -0.4 is 0 Å². The van der Waals surface area contributed by atoms with Gasteiger partial charge in [0, 0.05) is 31.2 Å². The van der Waals surface area contributed by atoms with Crippen LogP contribution in [0, 0.1) is 0 Å². The lowest BCUT2D eigenvalue weighted by Crippen LogP contribution is -1.87. The van der Waals surface area contributed by atoms with Crippen molar-refractivity contribution in [3.05, 3.63) is 63.5 Å². The number of carboxylic acids is 4. The molecule has 0 aromatic rings. The molecule has 0 spiro atoms. The largest absolute Gasteiger partial charge is 0.478 e. The van der Waals surface area contributed by atoms with Gasteiger partial charge in [0.05, 0.1) is 6.26 Å². The van der Waals surface area contributed by atoms with Crippen molar-refractivity contribution in [1.29, 1.82) is 0 Å². The normalized spacial score (nSPS) is 6.26. The zero-order chi connectivity index (χ0) is 22.1. The fourth-order valence-corrected chi connectivity index (χ4v) is 0.117. The van der Waals surface area contributed by atoms with E-state index in [4.69, 9.17) is 20.4 Å². The maximum atomic E-state index is 9.75. The maximum Gasteiger partial charge on any atom is 0.327 e. The van der Waals surface area contributed by atoms with Gasteiger partial charge >= 0.3 is 29.8 Å². The third-order valence-electron chi connectivity index (χ3n) is 0.948. The standard InChI is InChI=1S/C4H6O2.4C3H4O2.H4Si/c1-3-6-4(2)5;4*1-2-3(4)5;/h3H,1H2,2H3;4*2H,1H2,(H,4,5);1H4. The lowest BCUT2D eigenvalue weighted by Gasteiger charge is -1.83. The summed E-state index contributed by atoms with van der Waals surface area (Å²) in [6.45, 7) is 16.3. The summed E-state index contributed by atoms with van der Waals surface area (Å²) in [4.78, 5) is 46.8. The second-order valence-corrected chi connectivity index (χ2v) is 2.95. The third kappa shape index (κ3) is 173. The summed E-state index contributed by atoms with van der Waals surface area (Å²) in [6.07, 6.45) is 4.43. The highest BCUT2D eigenvalue weighted by Gasteiger charge is 1.79. The van der Waals surface area contributed by atoms with E-state index in [9.17, 15) is 24.0 Å². The first-order valence-electron chi connectivity index (χ1n) is 6.05. The van der Waals surface area contributed by atoms with E-state index in [-0.39, 0.29) is 16.9 Å². The van der Waals surface area contributed by atoms with Crippen molar-refractivity contribution < 1.29 is 49.1 Å². The van der Waals surface area contributed by atoms with Crippen molar-refractivity contribution >= 4 is 40.8 Å². The van der Waals surface area contributed by atoms with E-state index in [0.717, 1.165) is 30.6 Å². The van der Waals surface area contributed by atoms with E-state index in [1.165, 1.54) is 6.92 Å². The molecule has 0 aliphatic heterocycles. The van der Waals surface area contributed by atoms with Crippen LogP contribution in [0.15, 0.2) is 63.5 Å². The summed E-state index contributed by atoms with van der Waals surface area (Å²) >= 11 is 0. The zero-order valence-corrected chi connectivity index (χ0v) is 14.2. The Labute approximate surface area is 161 Å². The van der Waals surface area contributed by atoms with Crippen molar-refractivity contribution in [2.24, 2.45) is 0 Å². The molecular formula is C16H26O10Si. The summed E-state index contributed by atoms with van der Waals surface area (Å²) in [7, 11) is 0. The number of carbonyl (C=O) groups excluding carboxylic acids is 1. The lowest BCUT2D eigenvalue weighted by atomic mass is 10.7. The Morgan fingerprint density at radius 3 is 0.778 bits per heavy atom. The molecule has 0 atom stereocenters. The smallest absolute Gasteiger partial charge is 0.327 e. The molecule has 154 valence electrons. The van der Waals surface area contributed by atoms with Crippen molar-refractivity contribution in [1.82, 2.24) is 0 Å². The summed E-state index contributed by atoms with van der Waals surface area (Å²) in [5.41, 5.74) is 0. The van der Waals surface area contributed by atoms with Gasteiger partial charge in [0.25, 0.3) is 0 Å². The molecule has 0 unspecified atom stereocenters. The predicted molar refractivity (Wildman–Crippen MR) is 105 cm³/mol. The number of ether oxygens (including phenoxy) is 1. The Kier molecular flexibility index (Phi) is 48.4. The number of esters is 1. The average Bonchev–Trinajstić information content (AvgIpc) is 2.56. The SMILES string of the molecule is C=CC(=O)O.C=CC(=O)O.C=CC(=O)O.C=CC(=O)O.C=COC(C)=O.[SiH4]. The molecule has 10 nitrogen and oxygen atoms in total. The van der Waals surface area contributed by atoms with Crippen LogP contribution in [0.3, 0.4) is 0 Å². The van der Waals surface area contributed by atoms with Gasteiger partial charge < -0.3 is 25.2 Å². The average molecular weight is 406 g/mol. The number of rotatable bonds is 5. The molecule has 0 heterocycles. The molecule has 0 aromatic carbocycles. The Morgan fingerprint density at radius 2 is 0.778 bits per heavy atom. The van der Waals surface area contributed by atoms with Crippen LogP contribution in [-0.2, 0) is 28.7 Å². The van der Waals surface area contributed by atoms with E-state index in [1.807, 2.05) is 0 Å². The molecule has 4 N–H and O–H groups in total. The molecule has 0 amide bonds. The molecule has 27 heavy (non-hydrogen) atoms. The fourth-order valence-electron chi connectivity index (χ4n) is 0.117. The number of hydrogen-bond donors (Lipinski definition) is 4. The quantitative estimate of drug-likeness (QED) is 0.214. The van der Waals surface area contributed by atoms with Crippen molar-refractivity contribution in [2.45, 2.75) is 6.92 Å². The van der Waals surface area contributed by atoms with Crippen LogP contribution in [-0.4, -0.2) is 61.2 Å². The first kappa shape index (κ1) is 38.7. The zero-order valence-electron chi connectivity index (χ0n) is 14.2. The van der Waals surface area contributed by atoms with Crippen LogP contribution in [0.1, 0.15) is 6.92 Å². The summed E-state index contributed by atoms with van der Waals surface area (Å²) < 4.78 is 4.17. The highest BCUT2D eigenvalue weighted by atomic mass is 28.1. The molecule has 0 bridgehead atoms. The summed E-state index contributed by atoms with van der Waals surface area (Å²) in [6, 6.07) is 0. The first-order chi connectivity index (χ1) is 11.9. The van der Waals surface area contributed by atoms with Crippen molar-refractivity contribution in [3.63, 3.8) is 0 Å². The molecule has 0 aliphatic rings. The number of aliphatic carboxylic acids is 4. The van der Waals surface area contributed by atoms with Gasteiger partial charge in [0.15, 0.2) is 0 Å². The summed E-state index contributed by atoms with van der Waals surface area (Å²) in [5, 5.41) is 30.4. The molecule has 0 rings (SSSR count). The Bertz CT molecular complexity index is 437. The number of hydrogen-bond acceptors (Lipinski definition) is 6. The fraction of sp³-hybridized carbons (Fsp3) is 0.0625. The van der Waals surface area contributed by atoms with Gasteiger partial charge in [-0.1, -0.05) is 32.9 Å². The van der Waals surface area contributed by atoms with Crippen LogP contribution in [0.25, 0.3) is 0 Å². The predicted octanol–water partition coefficient (Wildman–Crippen LogP) is 0.269. The minimum Gasteiger partial charge on any atom is -0.478 e. The third-order valence-corrected chi connectivity index (χ3v) is 0.948. The Balaban J connectivity index is -0.0000000507. The second-order valence-electron chi connectivity index (χ2n) is 2.95. The Hall–Kier alpha value is -3.73. The van der Waals surface area contributed by atoms with Gasteiger partial charge in [-0.3, -0.25) is 4.79 Å². The van der Waals surface area contributed by atoms with E-state index in [2.05, 4.69) is 37.6 Å². The number of carbonyl (C=O) groups is 5. The van der Waals surface area contributed by atoms with E-state index in [0.29, 0.717) is 0 Å². The maximum absolute atomic E-state index is 9.75. The second kappa shape index (κ2) is 33.8. The van der Waals surface area contributed by atoms with Crippen LogP contribution in [0.5, 0.6) is 0 Å². The van der Waals surface area contributed by atoms with E-state index in [1.54, 1.807) is 0 Å². The topological polar surface area (TPSA) is 175 Å². The molecule has 0 saturated carbocycles. The molecule has 0 saturated heterocycles. The summed E-state index contributed by atoms with van der Waals surface area (Å²) in [5.74, 6) is -4.25. The van der Waals surface area contributed by atoms with Gasteiger partial charge in [-0.25, -0.2) is 19.2 Å².